The molecule has 0 bridgehead atoms. The first-order valence-corrected chi connectivity index (χ1v) is 8.63. The van der Waals surface area contributed by atoms with Crippen LogP contribution in [0.4, 0.5) is 0 Å². The zero-order valence-electron chi connectivity index (χ0n) is 11.5. The topological polar surface area (TPSA) is 74.6 Å². The number of hydrogen-bond acceptors (Lipinski definition) is 3. The second-order valence-electron chi connectivity index (χ2n) is 4.94. The molecular formula is C13H28O4S. The second kappa shape index (κ2) is 10.8. The van der Waals surface area contributed by atoms with Crippen molar-refractivity contribution in [2.75, 3.05) is 0 Å². The molecule has 0 aliphatic rings. The van der Waals surface area contributed by atoms with Crippen LogP contribution in [0.1, 0.15) is 77.6 Å². The van der Waals surface area contributed by atoms with E-state index in [-0.39, 0.29) is 6.42 Å². The Morgan fingerprint density at radius 1 is 0.833 bits per heavy atom. The number of hydrogen-bond donors (Lipinski definition) is 2. The fourth-order valence-electron chi connectivity index (χ4n) is 1.96. The molecule has 0 aliphatic heterocycles. The van der Waals surface area contributed by atoms with Crippen LogP contribution in [0.2, 0.25) is 0 Å². The first-order valence-electron chi connectivity index (χ1n) is 7.13. The predicted molar refractivity (Wildman–Crippen MR) is 74.0 cm³/mol. The van der Waals surface area contributed by atoms with Gasteiger partial charge in [0.2, 0.25) is 0 Å². The molecule has 0 aromatic carbocycles. The third-order valence-electron chi connectivity index (χ3n) is 3.15. The molecule has 0 rings (SSSR count). The van der Waals surface area contributed by atoms with Crippen molar-refractivity contribution < 1.29 is 18.1 Å². The van der Waals surface area contributed by atoms with Gasteiger partial charge in [0.1, 0.15) is 0 Å². The lowest BCUT2D eigenvalue weighted by Crippen LogP contribution is -2.19. The van der Waals surface area contributed by atoms with E-state index in [0.717, 1.165) is 12.8 Å². The first kappa shape index (κ1) is 17.9. The van der Waals surface area contributed by atoms with E-state index in [4.69, 9.17) is 9.66 Å². The Morgan fingerprint density at radius 2 is 1.22 bits per heavy atom. The van der Waals surface area contributed by atoms with Crippen molar-refractivity contribution in [3.05, 3.63) is 0 Å². The third-order valence-corrected chi connectivity index (χ3v) is 4.07. The molecule has 110 valence electrons. The van der Waals surface area contributed by atoms with Crippen molar-refractivity contribution in [3.63, 3.8) is 0 Å². The highest BCUT2D eigenvalue weighted by atomic mass is 32.2. The van der Waals surface area contributed by atoms with Gasteiger partial charge < -0.3 is 5.11 Å². The lowest BCUT2D eigenvalue weighted by Gasteiger charge is -2.06. The number of unbranched alkanes of at least 4 members (excludes halogenated alkanes) is 9. The van der Waals surface area contributed by atoms with Gasteiger partial charge in [0.05, 0.1) is 0 Å². The summed E-state index contributed by atoms with van der Waals surface area (Å²) in [5, 5.41) is 9.07. The molecule has 0 saturated carbocycles. The summed E-state index contributed by atoms with van der Waals surface area (Å²) in [4.78, 5) is 0. The van der Waals surface area contributed by atoms with Crippen LogP contribution in [0, 0.1) is 0 Å². The summed E-state index contributed by atoms with van der Waals surface area (Å²) >= 11 is 0. The lowest BCUT2D eigenvalue weighted by molar-refractivity contribution is 0.219. The normalized spacial score (nSPS) is 13.7. The maximum atomic E-state index is 10.5. The van der Waals surface area contributed by atoms with Gasteiger partial charge in [0.25, 0.3) is 10.1 Å². The lowest BCUT2D eigenvalue weighted by atomic mass is 10.1. The zero-order chi connectivity index (χ0) is 13.9. The van der Waals surface area contributed by atoms with Gasteiger partial charge in [-0.3, -0.25) is 4.55 Å². The van der Waals surface area contributed by atoms with Crippen LogP contribution < -0.4 is 0 Å². The average Bonchev–Trinajstić information content (AvgIpc) is 2.30. The van der Waals surface area contributed by atoms with E-state index in [1.54, 1.807) is 0 Å². The molecule has 0 saturated heterocycles. The summed E-state index contributed by atoms with van der Waals surface area (Å²) in [7, 11) is -4.26. The van der Waals surface area contributed by atoms with Crippen LogP contribution >= 0.6 is 0 Å². The Bertz CT molecular complexity index is 275. The highest BCUT2D eigenvalue weighted by Gasteiger charge is 2.18. The number of rotatable bonds is 12. The molecule has 1 atom stereocenters. The Morgan fingerprint density at radius 3 is 1.61 bits per heavy atom. The maximum Gasteiger partial charge on any atom is 0.291 e. The molecule has 1 unspecified atom stereocenters. The van der Waals surface area contributed by atoms with E-state index in [2.05, 4.69) is 6.92 Å². The van der Waals surface area contributed by atoms with E-state index < -0.39 is 15.6 Å². The van der Waals surface area contributed by atoms with Gasteiger partial charge in [-0.15, -0.1) is 0 Å². The Kier molecular flexibility index (Phi) is 10.7. The van der Waals surface area contributed by atoms with Gasteiger partial charge in [-0.1, -0.05) is 64.7 Å². The molecule has 0 aromatic heterocycles. The van der Waals surface area contributed by atoms with Gasteiger partial charge in [-0.05, 0) is 12.8 Å². The van der Waals surface area contributed by atoms with Crippen molar-refractivity contribution in [3.8, 4) is 0 Å². The summed E-state index contributed by atoms with van der Waals surface area (Å²) < 4.78 is 29.6. The summed E-state index contributed by atoms with van der Waals surface area (Å²) in [6, 6.07) is 0. The summed E-state index contributed by atoms with van der Waals surface area (Å²) in [6.45, 7) is 2.21. The van der Waals surface area contributed by atoms with Crippen LogP contribution in [-0.2, 0) is 10.1 Å². The van der Waals surface area contributed by atoms with Crippen molar-refractivity contribution >= 4 is 10.1 Å². The van der Waals surface area contributed by atoms with Crippen molar-refractivity contribution in [1.82, 2.24) is 0 Å². The minimum Gasteiger partial charge on any atom is -0.375 e. The van der Waals surface area contributed by atoms with E-state index >= 15 is 0 Å². The molecule has 4 nitrogen and oxygen atoms in total. The highest BCUT2D eigenvalue weighted by Crippen LogP contribution is 2.13. The predicted octanol–water partition coefficient (Wildman–Crippen LogP) is 3.50. The molecule has 18 heavy (non-hydrogen) atoms. The molecule has 0 aliphatic carbocycles. The van der Waals surface area contributed by atoms with Crippen LogP contribution in [0.5, 0.6) is 0 Å². The van der Waals surface area contributed by atoms with Crippen molar-refractivity contribution in [2.45, 2.75) is 83.0 Å². The molecule has 0 aromatic rings. The smallest absolute Gasteiger partial charge is 0.291 e. The largest absolute Gasteiger partial charge is 0.375 e. The molecule has 0 amide bonds. The highest BCUT2D eigenvalue weighted by molar-refractivity contribution is 7.86. The van der Waals surface area contributed by atoms with E-state index in [0.29, 0.717) is 6.42 Å². The van der Waals surface area contributed by atoms with Crippen molar-refractivity contribution in [1.29, 1.82) is 0 Å². The van der Waals surface area contributed by atoms with Crippen LogP contribution in [-0.4, -0.2) is 23.5 Å². The van der Waals surface area contributed by atoms with E-state index in [1.165, 1.54) is 44.9 Å². The SMILES string of the molecule is CCCCCCCCCCCCC(O)S(=O)(=O)O. The first-order chi connectivity index (χ1) is 8.48. The minimum atomic E-state index is -4.26. The van der Waals surface area contributed by atoms with Gasteiger partial charge in [0, 0.05) is 0 Å². The maximum absolute atomic E-state index is 10.5. The van der Waals surface area contributed by atoms with Gasteiger partial charge in [0.15, 0.2) is 5.44 Å². The molecule has 0 spiro atoms. The van der Waals surface area contributed by atoms with Gasteiger partial charge in [-0.25, -0.2) is 0 Å². The quantitative estimate of drug-likeness (QED) is 0.424. The third kappa shape index (κ3) is 11.0. The fraction of sp³-hybridized carbons (Fsp3) is 1.00. The van der Waals surface area contributed by atoms with Gasteiger partial charge in [-0.2, -0.15) is 8.42 Å². The molecule has 0 fully saturated rings. The Balaban J connectivity index is 3.22. The molecule has 0 heterocycles. The van der Waals surface area contributed by atoms with Crippen LogP contribution in [0.15, 0.2) is 0 Å². The number of aliphatic hydroxyl groups excluding tert-OH is 1. The zero-order valence-corrected chi connectivity index (χ0v) is 12.3. The Labute approximate surface area is 112 Å². The van der Waals surface area contributed by atoms with E-state index in [9.17, 15) is 8.42 Å². The van der Waals surface area contributed by atoms with Crippen LogP contribution in [0.3, 0.4) is 0 Å². The van der Waals surface area contributed by atoms with Gasteiger partial charge >= 0.3 is 0 Å². The monoisotopic (exact) mass is 280 g/mol. The molecule has 0 radical (unpaired) electrons. The minimum absolute atomic E-state index is 0.134. The molecule has 2 N–H and O–H groups in total. The van der Waals surface area contributed by atoms with Crippen LogP contribution in [0.25, 0.3) is 0 Å². The average molecular weight is 280 g/mol. The summed E-state index contributed by atoms with van der Waals surface area (Å²) in [5.74, 6) is 0. The second-order valence-corrected chi connectivity index (χ2v) is 6.51. The Hall–Kier alpha value is -0.130. The van der Waals surface area contributed by atoms with E-state index in [1.807, 2.05) is 0 Å². The summed E-state index contributed by atoms with van der Waals surface area (Å²) in [5.41, 5.74) is -1.61. The molecule has 5 heteroatoms. The summed E-state index contributed by atoms with van der Waals surface area (Å²) in [6.07, 6.45) is 11.7. The van der Waals surface area contributed by atoms with Crippen molar-refractivity contribution in [2.24, 2.45) is 0 Å². The standard InChI is InChI=1S/C13H28O4S/c1-2-3-4-5-6-7-8-9-10-11-12-13(14)18(15,16)17/h13-14H,2-12H2,1H3,(H,15,16,17). The molecular weight excluding hydrogens is 252 g/mol. The number of aliphatic hydroxyl groups is 1. The fourth-order valence-corrected chi connectivity index (χ4v) is 2.42.